The predicted molar refractivity (Wildman–Crippen MR) is 64.3 cm³/mol. The summed E-state index contributed by atoms with van der Waals surface area (Å²) in [4.78, 5) is 24.7. The summed E-state index contributed by atoms with van der Waals surface area (Å²) in [5.41, 5.74) is -0.487. The number of amides is 1. The Bertz CT molecular complexity index is 312. The highest BCUT2D eigenvalue weighted by Crippen LogP contribution is 2.19. The van der Waals surface area contributed by atoms with Gasteiger partial charge >= 0.3 is 6.09 Å². The zero-order valence-electron chi connectivity index (χ0n) is 10.7. The first-order chi connectivity index (χ1) is 7.83. The van der Waals surface area contributed by atoms with E-state index in [2.05, 4.69) is 0 Å². The zero-order chi connectivity index (χ0) is 13.1. The number of ether oxygens (including phenoxy) is 1. The topological polar surface area (TPSA) is 70.5 Å². The number of likely N-dealkylation sites (tertiary alicyclic amines) is 1. The molecule has 1 heterocycles. The minimum Gasteiger partial charge on any atom is -0.444 e. The lowest BCUT2D eigenvalue weighted by Crippen LogP contribution is -2.43. The molecule has 1 aliphatic rings. The summed E-state index contributed by atoms with van der Waals surface area (Å²) in [5, 5.41) is 6.92. The SMILES string of the molecule is CC(C)(C)OC(=O)N1CCC(C(=O)C=N)CC1. The van der Waals surface area contributed by atoms with Crippen LogP contribution in [0.4, 0.5) is 4.79 Å². The molecule has 17 heavy (non-hydrogen) atoms. The Kier molecular flexibility index (Phi) is 4.26. The zero-order valence-corrected chi connectivity index (χ0v) is 10.7. The van der Waals surface area contributed by atoms with E-state index in [0.717, 1.165) is 6.21 Å². The molecule has 0 aliphatic carbocycles. The molecule has 0 radical (unpaired) electrons. The number of hydrogen-bond acceptors (Lipinski definition) is 4. The Balaban J connectivity index is 2.44. The van der Waals surface area contributed by atoms with Gasteiger partial charge in [-0.25, -0.2) is 4.79 Å². The number of piperidine rings is 1. The number of ketones is 1. The van der Waals surface area contributed by atoms with Crippen molar-refractivity contribution in [2.75, 3.05) is 13.1 Å². The molecule has 0 atom stereocenters. The summed E-state index contributed by atoms with van der Waals surface area (Å²) in [6.45, 7) is 6.54. The van der Waals surface area contributed by atoms with Crippen molar-refractivity contribution in [3.05, 3.63) is 0 Å². The first-order valence-electron chi connectivity index (χ1n) is 5.86. The molecule has 0 aromatic carbocycles. The lowest BCUT2D eigenvalue weighted by molar-refractivity contribution is -0.117. The molecule has 0 saturated carbocycles. The maximum Gasteiger partial charge on any atom is 0.410 e. The fourth-order valence-corrected chi connectivity index (χ4v) is 1.79. The van der Waals surface area contributed by atoms with E-state index in [1.165, 1.54) is 0 Å². The van der Waals surface area contributed by atoms with Crippen molar-refractivity contribution >= 4 is 18.1 Å². The number of carbonyl (C=O) groups excluding carboxylic acids is 2. The van der Waals surface area contributed by atoms with Gasteiger partial charge in [0, 0.05) is 19.0 Å². The Hall–Kier alpha value is -1.39. The van der Waals surface area contributed by atoms with Crippen molar-refractivity contribution in [1.82, 2.24) is 4.90 Å². The minimum absolute atomic E-state index is 0.105. The molecule has 1 N–H and O–H groups in total. The summed E-state index contributed by atoms with van der Waals surface area (Å²) in [6, 6.07) is 0. The van der Waals surface area contributed by atoms with E-state index in [1.807, 2.05) is 20.8 Å². The molecular formula is C12H20N2O3. The average Bonchev–Trinajstić information content (AvgIpc) is 2.26. The molecule has 96 valence electrons. The van der Waals surface area contributed by atoms with Gasteiger partial charge in [-0.15, -0.1) is 0 Å². The normalized spacial score (nSPS) is 17.7. The standard InChI is InChI=1S/C12H20N2O3/c1-12(2,3)17-11(16)14-6-4-9(5-7-14)10(15)8-13/h8-9,13H,4-7H2,1-3H3. The maximum atomic E-state index is 11.7. The summed E-state index contributed by atoms with van der Waals surface area (Å²) in [6.07, 6.45) is 1.78. The molecular weight excluding hydrogens is 220 g/mol. The predicted octanol–water partition coefficient (Wildman–Crippen LogP) is 1.85. The molecule has 1 rings (SSSR count). The first-order valence-corrected chi connectivity index (χ1v) is 5.86. The van der Waals surface area contributed by atoms with Gasteiger partial charge in [0.25, 0.3) is 0 Å². The van der Waals surface area contributed by atoms with Crippen molar-refractivity contribution in [3.63, 3.8) is 0 Å². The number of Topliss-reactive ketones (excluding diaryl/α,β-unsaturated/α-hetero) is 1. The molecule has 1 saturated heterocycles. The highest BCUT2D eigenvalue weighted by molar-refractivity contribution is 6.27. The van der Waals surface area contributed by atoms with E-state index < -0.39 is 5.60 Å². The van der Waals surface area contributed by atoms with Crippen molar-refractivity contribution in [1.29, 1.82) is 5.41 Å². The second-order valence-corrected chi connectivity index (χ2v) is 5.29. The maximum absolute atomic E-state index is 11.7. The van der Waals surface area contributed by atoms with Crippen LogP contribution >= 0.6 is 0 Å². The van der Waals surface area contributed by atoms with E-state index in [0.29, 0.717) is 25.9 Å². The summed E-state index contributed by atoms with van der Waals surface area (Å²) in [5.74, 6) is -0.250. The van der Waals surface area contributed by atoms with Gasteiger partial charge < -0.3 is 15.0 Å². The fraction of sp³-hybridized carbons (Fsp3) is 0.750. The Morgan fingerprint density at radius 3 is 2.24 bits per heavy atom. The van der Waals surface area contributed by atoms with E-state index in [4.69, 9.17) is 10.1 Å². The number of rotatable bonds is 2. The van der Waals surface area contributed by atoms with Crippen LogP contribution in [-0.2, 0) is 9.53 Å². The van der Waals surface area contributed by atoms with Crippen LogP contribution in [0.15, 0.2) is 0 Å². The van der Waals surface area contributed by atoms with Gasteiger partial charge in [0.15, 0.2) is 5.78 Å². The Labute approximate surface area is 102 Å². The molecule has 1 aliphatic heterocycles. The second-order valence-electron chi connectivity index (χ2n) is 5.29. The third-order valence-electron chi connectivity index (χ3n) is 2.69. The molecule has 0 aromatic heterocycles. The summed E-state index contributed by atoms with van der Waals surface area (Å²) in [7, 11) is 0. The quantitative estimate of drug-likeness (QED) is 0.749. The van der Waals surface area contributed by atoms with Gasteiger partial charge in [0.2, 0.25) is 0 Å². The van der Waals surface area contributed by atoms with E-state index >= 15 is 0 Å². The van der Waals surface area contributed by atoms with Crippen LogP contribution in [0.2, 0.25) is 0 Å². The molecule has 1 amide bonds. The van der Waals surface area contributed by atoms with Gasteiger partial charge in [0.1, 0.15) is 5.60 Å². The van der Waals surface area contributed by atoms with Gasteiger partial charge in [-0.3, -0.25) is 4.79 Å². The van der Waals surface area contributed by atoms with Gasteiger partial charge in [-0.2, -0.15) is 0 Å². The van der Waals surface area contributed by atoms with Gasteiger partial charge in [0.05, 0.1) is 6.21 Å². The fourth-order valence-electron chi connectivity index (χ4n) is 1.79. The molecule has 5 nitrogen and oxygen atoms in total. The van der Waals surface area contributed by atoms with Crippen LogP contribution in [0.1, 0.15) is 33.6 Å². The molecule has 0 aromatic rings. The smallest absolute Gasteiger partial charge is 0.410 e. The second kappa shape index (κ2) is 5.29. The minimum atomic E-state index is -0.487. The first kappa shape index (κ1) is 13.7. The Morgan fingerprint density at radius 2 is 1.82 bits per heavy atom. The molecule has 0 spiro atoms. The van der Waals surface area contributed by atoms with Gasteiger partial charge in [-0.05, 0) is 33.6 Å². The van der Waals surface area contributed by atoms with Crippen LogP contribution in [0.5, 0.6) is 0 Å². The molecule has 5 heteroatoms. The number of carbonyl (C=O) groups is 2. The van der Waals surface area contributed by atoms with Crippen molar-refractivity contribution in [2.24, 2.45) is 5.92 Å². The number of nitrogens with zero attached hydrogens (tertiary/aromatic N) is 1. The average molecular weight is 240 g/mol. The lowest BCUT2D eigenvalue weighted by Gasteiger charge is -2.32. The van der Waals surface area contributed by atoms with Crippen LogP contribution in [0.3, 0.4) is 0 Å². The van der Waals surface area contributed by atoms with E-state index in [9.17, 15) is 9.59 Å². The van der Waals surface area contributed by atoms with Crippen LogP contribution in [-0.4, -0.2) is 41.7 Å². The number of nitrogens with one attached hydrogen (secondary N) is 1. The van der Waals surface area contributed by atoms with Crippen molar-refractivity contribution < 1.29 is 14.3 Å². The van der Waals surface area contributed by atoms with Crippen molar-refractivity contribution in [3.8, 4) is 0 Å². The molecule has 0 bridgehead atoms. The highest BCUT2D eigenvalue weighted by atomic mass is 16.6. The summed E-state index contributed by atoms with van der Waals surface area (Å²) < 4.78 is 5.26. The largest absolute Gasteiger partial charge is 0.444 e. The van der Waals surface area contributed by atoms with Crippen LogP contribution in [0.25, 0.3) is 0 Å². The Morgan fingerprint density at radius 1 is 1.29 bits per heavy atom. The lowest BCUT2D eigenvalue weighted by atomic mass is 9.93. The monoisotopic (exact) mass is 240 g/mol. The number of hydrogen-bond donors (Lipinski definition) is 1. The third kappa shape index (κ3) is 4.17. The van der Waals surface area contributed by atoms with Crippen molar-refractivity contribution in [2.45, 2.75) is 39.2 Å². The molecule has 1 fully saturated rings. The summed E-state index contributed by atoms with van der Waals surface area (Å²) >= 11 is 0. The third-order valence-corrected chi connectivity index (χ3v) is 2.69. The van der Waals surface area contributed by atoms with Crippen LogP contribution in [0, 0.1) is 11.3 Å². The van der Waals surface area contributed by atoms with E-state index in [-0.39, 0.29) is 17.8 Å². The van der Waals surface area contributed by atoms with Crippen LogP contribution < -0.4 is 0 Å². The highest BCUT2D eigenvalue weighted by Gasteiger charge is 2.28. The van der Waals surface area contributed by atoms with Gasteiger partial charge in [-0.1, -0.05) is 0 Å². The van der Waals surface area contributed by atoms with E-state index in [1.54, 1.807) is 4.90 Å². The molecule has 0 unspecified atom stereocenters.